The first kappa shape index (κ1) is 16.0. The van der Waals surface area contributed by atoms with Gasteiger partial charge in [-0.3, -0.25) is 4.79 Å². The van der Waals surface area contributed by atoms with E-state index < -0.39 is 0 Å². The Morgan fingerprint density at radius 1 is 1.10 bits per heavy atom. The van der Waals surface area contributed by atoms with Crippen molar-refractivity contribution in [2.75, 3.05) is 6.61 Å². The Kier molecular flexibility index (Phi) is 5.76. The van der Waals surface area contributed by atoms with Crippen molar-refractivity contribution in [1.82, 2.24) is 5.32 Å². The first-order valence-electron chi connectivity index (χ1n) is 6.15. The van der Waals surface area contributed by atoms with Crippen molar-refractivity contribution in [3.63, 3.8) is 0 Å². The first-order valence-corrected chi connectivity index (χ1v) is 7.73. The van der Waals surface area contributed by atoms with Crippen LogP contribution in [-0.4, -0.2) is 12.5 Å². The summed E-state index contributed by atoms with van der Waals surface area (Å²) in [6, 6.07) is 11.8. The topological polar surface area (TPSA) is 38.3 Å². The molecule has 0 aliphatic carbocycles. The fourth-order valence-corrected chi connectivity index (χ4v) is 2.87. The highest BCUT2D eigenvalue weighted by molar-refractivity contribution is 9.11. The van der Waals surface area contributed by atoms with E-state index in [0.29, 0.717) is 11.3 Å². The molecule has 0 unspecified atom stereocenters. The van der Waals surface area contributed by atoms with Crippen molar-refractivity contribution in [2.24, 2.45) is 0 Å². The van der Waals surface area contributed by atoms with Crippen LogP contribution in [0, 0.1) is 5.82 Å². The highest BCUT2D eigenvalue weighted by atomic mass is 79.9. The van der Waals surface area contributed by atoms with Gasteiger partial charge in [-0.15, -0.1) is 0 Å². The molecule has 6 heteroatoms. The second-order valence-corrected chi connectivity index (χ2v) is 5.92. The molecule has 0 heterocycles. The molecule has 0 radical (unpaired) electrons. The monoisotopic (exact) mass is 415 g/mol. The average Bonchev–Trinajstić information content (AvgIpc) is 2.46. The number of nitrogens with one attached hydrogen (secondary N) is 1. The van der Waals surface area contributed by atoms with Crippen molar-refractivity contribution >= 4 is 37.8 Å². The largest absolute Gasteiger partial charge is 0.481 e. The number of halogens is 3. The van der Waals surface area contributed by atoms with Crippen LogP contribution in [0.25, 0.3) is 0 Å². The normalized spacial score (nSPS) is 10.2. The molecule has 0 aliphatic heterocycles. The molecule has 0 saturated carbocycles. The standard InChI is InChI=1S/C15H12Br2FNO2/c16-11-5-3-6-12(17)15(11)21-9-14(20)19-8-10-4-1-2-7-13(10)18/h1-7H,8-9H2,(H,19,20). The number of benzene rings is 2. The number of carbonyl (C=O) groups excluding carboxylic acids is 1. The van der Waals surface area contributed by atoms with E-state index in [9.17, 15) is 9.18 Å². The van der Waals surface area contributed by atoms with Gasteiger partial charge in [0.05, 0.1) is 8.95 Å². The minimum absolute atomic E-state index is 0.131. The zero-order valence-electron chi connectivity index (χ0n) is 10.9. The van der Waals surface area contributed by atoms with E-state index in [-0.39, 0.29) is 24.9 Å². The number of rotatable bonds is 5. The highest BCUT2D eigenvalue weighted by Crippen LogP contribution is 2.32. The second-order valence-electron chi connectivity index (χ2n) is 4.21. The van der Waals surface area contributed by atoms with Gasteiger partial charge < -0.3 is 10.1 Å². The third kappa shape index (κ3) is 4.54. The number of hydrogen-bond acceptors (Lipinski definition) is 2. The third-order valence-electron chi connectivity index (χ3n) is 2.70. The summed E-state index contributed by atoms with van der Waals surface area (Å²) < 4.78 is 20.3. The first-order chi connectivity index (χ1) is 10.1. The van der Waals surface area contributed by atoms with Crippen LogP contribution in [0.1, 0.15) is 5.56 Å². The van der Waals surface area contributed by atoms with E-state index in [4.69, 9.17) is 4.74 Å². The molecular formula is C15H12Br2FNO2. The average molecular weight is 417 g/mol. The third-order valence-corrected chi connectivity index (χ3v) is 3.95. The maximum Gasteiger partial charge on any atom is 0.258 e. The number of amides is 1. The summed E-state index contributed by atoms with van der Waals surface area (Å²) >= 11 is 6.69. The van der Waals surface area contributed by atoms with Crippen molar-refractivity contribution in [3.05, 3.63) is 62.8 Å². The summed E-state index contributed by atoms with van der Waals surface area (Å²) in [4.78, 5) is 11.7. The maximum absolute atomic E-state index is 13.4. The molecule has 0 atom stereocenters. The lowest BCUT2D eigenvalue weighted by Gasteiger charge is -2.10. The number of carbonyl (C=O) groups is 1. The highest BCUT2D eigenvalue weighted by Gasteiger charge is 2.09. The lowest BCUT2D eigenvalue weighted by Crippen LogP contribution is -2.28. The predicted octanol–water partition coefficient (Wildman–Crippen LogP) is 4.05. The van der Waals surface area contributed by atoms with Crippen molar-refractivity contribution < 1.29 is 13.9 Å². The van der Waals surface area contributed by atoms with Gasteiger partial charge in [0, 0.05) is 12.1 Å². The summed E-state index contributed by atoms with van der Waals surface area (Å²) in [7, 11) is 0. The van der Waals surface area contributed by atoms with Crippen LogP contribution < -0.4 is 10.1 Å². The second kappa shape index (κ2) is 7.56. The van der Waals surface area contributed by atoms with Gasteiger partial charge in [0.25, 0.3) is 5.91 Å². The van der Waals surface area contributed by atoms with Crippen molar-refractivity contribution in [1.29, 1.82) is 0 Å². The van der Waals surface area contributed by atoms with E-state index in [1.54, 1.807) is 18.2 Å². The molecule has 0 aromatic heterocycles. The summed E-state index contributed by atoms with van der Waals surface area (Å²) in [6.45, 7) is -0.0122. The lowest BCUT2D eigenvalue weighted by atomic mass is 10.2. The fourth-order valence-electron chi connectivity index (χ4n) is 1.64. The molecule has 0 bridgehead atoms. The number of para-hydroxylation sites is 1. The van der Waals surface area contributed by atoms with Crippen LogP contribution in [0.15, 0.2) is 51.4 Å². The zero-order valence-corrected chi connectivity index (χ0v) is 14.1. The lowest BCUT2D eigenvalue weighted by molar-refractivity contribution is -0.123. The smallest absolute Gasteiger partial charge is 0.258 e. The van der Waals surface area contributed by atoms with E-state index in [1.165, 1.54) is 6.07 Å². The molecule has 1 N–H and O–H groups in total. The SMILES string of the molecule is O=C(COc1c(Br)cccc1Br)NCc1ccccc1F. The Hall–Kier alpha value is -1.40. The molecule has 0 saturated heterocycles. The van der Waals surface area contributed by atoms with Crippen LogP contribution in [-0.2, 0) is 11.3 Å². The van der Waals surface area contributed by atoms with Crippen LogP contribution in [0.3, 0.4) is 0 Å². The van der Waals surface area contributed by atoms with Crippen LogP contribution in [0.5, 0.6) is 5.75 Å². The van der Waals surface area contributed by atoms with Gasteiger partial charge in [0.15, 0.2) is 6.61 Å². The van der Waals surface area contributed by atoms with Gasteiger partial charge in [-0.2, -0.15) is 0 Å². The van der Waals surface area contributed by atoms with E-state index in [1.807, 2.05) is 18.2 Å². The molecule has 0 fully saturated rings. The minimum atomic E-state index is -0.340. The number of hydrogen-bond donors (Lipinski definition) is 1. The minimum Gasteiger partial charge on any atom is -0.481 e. The Bertz CT molecular complexity index is 629. The molecule has 21 heavy (non-hydrogen) atoms. The van der Waals surface area contributed by atoms with Gasteiger partial charge in [-0.1, -0.05) is 24.3 Å². The predicted molar refractivity (Wildman–Crippen MR) is 85.6 cm³/mol. The Morgan fingerprint density at radius 3 is 2.43 bits per heavy atom. The summed E-state index contributed by atoms with van der Waals surface area (Å²) in [5.74, 6) is -0.105. The fraction of sp³-hybridized carbons (Fsp3) is 0.133. The molecule has 2 rings (SSSR count). The Morgan fingerprint density at radius 2 is 1.76 bits per heavy atom. The quantitative estimate of drug-likeness (QED) is 0.798. The molecular weight excluding hydrogens is 405 g/mol. The van der Waals surface area contributed by atoms with Crippen LogP contribution >= 0.6 is 31.9 Å². The van der Waals surface area contributed by atoms with Crippen LogP contribution in [0.2, 0.25) is 0 Å². The molecule has 0 aliphatic rings. The van der Waals surface area contributed by atoms with Crippen molar-refractivity contribution in [3.8, 4) is 5.75 Å². The van der Waals surface area contributed by atoms with Gasteiger partial charge >= 0.3 is 0 Å². The molecule has 2 aromatic rings. The van der Waals surface area contributed by atoms with E-state index in [0.717, 1.165) is 8.95 Å². The molecule has 2 aromatic carbocycles. The van der Waals surface area contributed by atoms with Crippen molar-refractivity contribution in [2.45, 2.75) is 6.54 Å². The molecule has 110 valence electrons. The van der Waals surface area contributed by atoms with Crippen LogP contribution in [0.4, 0.5) is 4.39 Å². The van der Waals surface area contributed by atoms with Gasteiger partial charge in [-0.05, 0) is 50.1 Å². The van der Waals surface area contributed by atoms with Gasteiger partial charge in [-0.25, -0.2) is 4.39 Å². The molecule has 1 amide bonds. The van der Waals surface area contributed by atoms with Gasteiger partial charge in [0.2, 0.25) is 0 Å². The Labute approximate surface area is 138 Å². The number of ether oxygens (including phenoxy) is 1. The summed E-state index contributed by atoms with van der Waals surface area (Å²) in [5.41, 5.74) is 0.438. The summed E-state index contributed by atoms with van der Waals surface area (Å²) in [5, 5.41) is 2.61. The van der Waals surface area contributed by atoms with Gasteiger partial charge in [0.1, 0.15) is 11.6 Å². The van der Waals surface area contributed by atoms with E-state index in [2.05, 4.69) is 37.2 Å². The summed E-state index contributed by atoms with van der Waals surface area (Å²) in [6.07, 6.45) is 0. The maximum atomic E-state index is 13.4. The zero-order chi connectivity index (χ0) is 15.2. The molecule has 0 spiro atoms. The Balaban J connectivity index is 1.87. The van der Waals surface area contributed by atoms with E-state index >= 15 is 0 Å². The molecule has 3 nitrogen and oxygen atoms in total.